The highest BCUT2D eigenvalue weighted by Gasteiger charge is 2.46. The summed E-state index contributed by atoms with van der Waals surface area (Å²) in [5.74, 6) is -0.906. The fourth-order valence-corrected chi connectivity index (χ4v) is 1.36. The number of nitrogens with two attached hydrogens (primary N) is 1. The maximum absolute atomic E-state index is 11.5. The van der Waals surface area contributed by atoms with Crippen LogP contribution in [-0.2, 0) is 9.59 Å². The third-order valence-corrected chi connectivity index (χ3v) is 2.65. The normalized spacial score (nSPS) is 19.3. The second-order valence-corrected chi connectivity index (χ2v) is 4.32. The standard InChI is InChI=1S/C10H18N2O3/c1-7(3-2-4-8(13)14)12-9(15)10(11)5-6-10/h7H,2-6,11H2,1H3,(H,12,15)(H,13,14). The summed E-state index contributed by atoms with van der Waals surface area (Å²) in [4.78, 5) is 21.7. The van der Waals surface area contributed by atoms with Crippen molar-refractivity contribution in [3.8, 4) is 0 Å². The molecular weight excluding hydrogens is 196 g/mol. The van der Waals surface area contributed by atoms with Gasteiger partial charge in [0.1, 0.15) is 0 Å². The molecule has 0 aromatic rings. The number of nitrogens with one attached hydrogen (secondary N) is 1. The Bertz CT molecular complexity index is 261. The van der Waals surface area contributed by atoms with Crippen LogP contribution in [0.5, 0.6) is 0 Å². The summed E-state index contributed by atoms with van der Waals surface area (Å²) in [6.45, 7) is 1.87. The highest BCUT2D eigenvalue weighted by molar-refractivity contribution is 5.89. The molecule has 1 fully saturated rings. The van der Waals surface area contributed by atoms with E-state index in [1.54, 1.807) is 0 Å². The van der Waals surface area contributed by atoms with Gasteiger partial charge in [0.05, 0.1) is 5.54 Å². The number of carboxylic acid groups (broad SMARTS) is 1. The number of hydrogen-bond donors (Lipinski definition) is 3. The molecule has 5 nitrogen and oxygen atoms in total. The van der Waals surface area contributed by atoms with Crippen LogP contribution in [0, 0.1) is 0 Å². The summed E-state index contributed by atoms with van der Waals surface area (Å²) >= 11 is 0. The summed E-state index contributed by atoms with van der Waals surface area (Å²) in [6.07, 6.45) is 2.90. The summed E-state index contributed by atoms with van der Waals surface area (Å²) in [5, 5.41) is 11.2. The van der Waals surface area contributed by atoms with E-state index in [2.05, 4.69) is 5.32 Å². The molecule has 1 rings (SSSR count). The second kappa shape index (κ2) is 4.61. The van der Waals surface area contributed by atoms with E-state index < -0.39 is 11.5 Å². The molecule has 0 bridgehead atoms. The Kier molecular flexibility index (Phi) is 3.68. The highest BCUT2D eigenvalue weighted by atomic mass is 16.4. The Morgan fingerprint density at radius 3 is 2.60 bits per heavy atom. The molecular formula is C10H18N2O3. The number of carbonyl (C=O) groups is 2. The first-order valence-corrected chi connectivity index (χ1v) is 5.26. The number of hydrogen-bond acceptors (Lipinski definition) is 3. The van der Waals surface area contributed by atoms with E-state index >= 15 is 0 Å². The summed E-state index contributed by atoms with van der Waals surface area (Å²) in [5.41, 5.74) is 5.07. The molecule has 1 unspecified atom stereocenters. The molecule has 0 heterocycles. The monoisotopic (exact) mass is 214 g/mol. The first-order chi connectivity index (χ1) is 6.94. The van der Waals surface area contributed by atoms with Crippen LogP contribution in [0.4, 0.5) is 0 Å². The number of amides is 1. The largest absolute Gasteiger partial charge is 0.481 e. The Morgan fingerprint density at radius 1 is 1.53 bits per heavy atom. The lowest BCUT2D eigenvalue weighted by molar-refractivity contribution is -0.137. The first-order valence-electron chi connectivity index (χ1n) is 5.26. The lowest BCUT2D eigenvalue weighted by Crippen LogP contribution is -2.46. The average Bonchev–Trinajstić information content (AvgIpc) is 2.84. The molecule has 0 saturated heterocycles. The number of aliphatic carboxylic acids is 1. The average molecular weight is 214 g/mol. The quantitative estimate of drug-likeness (QED) is 0.590. The Labute approximate surface area is 89.0 Å². The first kappa shape index (κ1) is 12.0. The molecule has 4 N–H and O–H groups in total. The van der Waals surface area contributed by atoms with E-state index in [1.807, 2.05) is 6.92 Å². The maximum Gasteiger partial charge on any atom is 0.303 e. The van der Waals surface area contributed by atoms with Gasteiger partial charge < -0.3 is 16.2 Å². The van der Waals surface area contributed by atoms with Crippen LogP contribution in [0.1, 0.15) is 39.0 Å². The summed E-state index contributed by atoms with van der Waals surface area (Å²) in [6, 6.07) is -0.00197. The Balaban J connectivity index is 2.15. The second-order valence-electron chi connectivity index (χ2n) is 4.32. The van der Waals surface area contributed by atoms with E-state index in [0.717, 1.165) is 12.8 Å². The zero-order valence-electron chi connectivity index (χ0n) is 8.95. The minimum absolute atomic E-state index is 0.00197. The lowest BCUT2D eigenvalue weighted by Gasteiger charge is -2.16. The van der Waals surface area contributed by atoms with Crippen molar-refractivity contribution < 1.29 is 14.7 Å². The summed E-state index contributed by atoms with van der Waals surface area (Å²) in [7, 11) is 0. The van der Waals surface area contributed by atoms with Crippen molar-refractivity contribution in [3.63, 3.8) is 0 Å². The van der Waals surface area contributed by atoms with Gasteiger partial charge in [-0.05, 0) is 32.6 Å². The van der Waals surface area contributed by atoms with Crippen LogP contribution in [0.3, 0.4) is 0 Å². The topological polar surface area (TPSA) is 92.4 Å². The van der Waals surface area contributed by atoms with Crippen LogP contribution in [0.25, 0.3) is 0 Å². The maximum atomic E-state index is 11.5. The molecule has 1 aliphatic rings. The van der Waals surface area contributed by atoms with E-state index in [9.17, 15) is 9.59 Å². The fourth-order valence-electron chi connectivity index (χ4n) is 1.36. The van der Waals surface area contributed by atoms with Crippen molar-refractivity contribution in [1.29, 1.82) is 0 Å². The van der Waals surface area contributed by atoms with Crippen molar-refractivity contribution in [1.82, 2.24) is 5.32 Å². The van der Waals surface area contributed by atoms with Crippen molar-refractivity contribution in [2.24, 2.45) is 5.73 Å². The van der Waals surface area contributed by atoms with Gasteiger partial charge in [0, 0.05) is 12.5 Å². The smallest absolute Gasteiger partial charge is 0.303 e. The Hall–Kier alpha value is -1.10. The van der Waals surface area contributed by atoms with E-state index in [1.165, 1.54) is 0 Å². The predicted octanol–water partition coefficient (Wildman–Crippen LogP) is 0.237. The zero-order chi connectivity index (χ0) is 11.5. The van der Waals surface area contributed by atoms with Gasteiger partial charge in [-0.15, -0.1) is 0 Å². The van der Waals surface area contributed by atoms with Crippen molar-refractivity contribution in [2.75, 3.05) is 0 Å². The van der Waals surface area contributed by atoms with Crippen LogP contribution < -0.4 is 11.1 Å². The van der Waals surface area contributed by atoms with E-state index in [0.29, 0.717) is 12.8 Å². The molecule has 86 valence electrons. The SMILES string of the molecule is CC(CCCC(=O)O)NC(=O)C1(N)CC1. The van der Waals surface area contributed by atoms with Gasteiger partial charge in [0.15, 0.2) is 0 Å². The lowest BCUT2D eigenvalue weighted by atomic mass is 10.1. The third kappa shape index (κ3) is 3.87. The molecule has 1 aliphatic carbocycles. The number of carbonyl (C=O) groups excluding carboxylic acids is 1. The molecule has 0 aromatic carbocycles. The van der Waals surface area contributed by atoms with Crippen LogP contribution >= 0.6 is 0 Å². The molecule has 1 saturated carbocycles. The van der Waals surface area contributed by atoms with Crippen LogP contribution in [0.15, 0.2) is 0 Å². The summed E-state index contributed by atoms with van der Waals surface area (Å²) < 4.78 is 0. The van der Waals surface area contributed by atoms with Gasteiger partial charge in [-0.25, -0.2) is 0 Å². The van der Waals surface area contributed by atoms with Crippen molar-refractivity contribution in [2.45, 2.75) is 50.6 Å². The molecule has 1 amide bonds. The van der Waals surface area contributed by atoms with Gasteiger partial charge in [0.2, 0.25) is 5.91 Å². The molecule has 1 atom stereocenters. The van der Waals surface area contributed by atoms with Crippen molar-refractivity contribution in [3.05, 3.63) is 0 Å². The molecule has 0 spiro atoms. The van der Waals surface area contributed by atoms with Crippen LogP contribution in [-0.4, -0.2) is 28.6 Å². The predicted molar refractivity (Wildman–Crippen MR) is 55.2 cm³/mol. The molecule has 15 heavy (non-hydrogen) atoms. The zero-order valence-corrected chi connectivity index (χ0v) is 8.95. The minimum atomic E-state index is -0.800. The number of rotatable bonds is 6. The third-order valence-electron chi connectivity index (χ3n) is 2.65. The van der Waals surface area contributed by atoms with E-state index in [-0.39, 0.29) is 18.4 Å². The number of carboxylic acids is 1. The Morgan fingerprint density at radius 2 is 2.13 bits per heavy atom. The van der Waals surface area contributed by atoms with Gasteiger partial charge in [-0.1, -0.05) is 0 Å². The minimum Gasteiger partial charge on any atom is -0.481 e. The van der Waals surface area contributed by atoms with Crippen LogP contribution in [0.2, 0.25) is 0 Å². The van der Waals surface area contributed by atoms with E-state index in [4.69, 9.17) is 10.8 Å². The van der Waals surface area contributed by atoms with Gasteiger partial charge >= 0.3 is 5.97 Å². The van der Waals surface area contributed by atoms with Gasteiger partial charge in [0.25, 0.3) is 0 Å². The highest BCUT2D eigenvalue weighted by Crippen LogP contribution is 2.32. The van der Waals surface area contributed by atoms with Gasteiger partial charge in [-0.3, -0.25) is 9.59 Å². The molecule has 0 aliphatic heterocycles. The fraction of sp³-hybridized carbons (Fsp3) is 0.800. The molecule has 0 radical (unpaired) electrons. The molecule has 5 heteroatoms. The van der Waals surface area contributed by atoms with Crippen molar-refractivity contribution >= 4 is 11.9 Å². The van der Waals surface area contributed by atoms with Gasteiger partial charge in [-0.2, -0.15) is 0 Å². The molecule has 0 aromatic heterocycles.